The van der Waals surface area contributed by atoms with E-state index in [1.165, 1.54) is 0 Å². The van der Waals surface area contributed by atoms with Gasteiger partial charge >= 0.3 is 0 Å². The number of hydrogen-bond donors (Lipinski definition) is 1. The number of hydrogen-bond acceptors (Lipinski definition) is 3. The minimum Gasteiger partial charge on any atom is -0.370 e. The standard InChI is InChI=1S/C16H27N3O/c1-5-9-10-19(8-4)16(20)13-11-14(6-2)18-15(12-13)17-7-3/h11-12H,5-10H2,1-4H3,(H,17,18). The maximum absolute atomic E-state index is 12.6. The lowest BCUT2D eigenvalue weighted by Gasteiger charge is -2.21. The number of nitrogens with one attached hydrogen (secondary N) is 1. The van der Waals surface area contributed by atoms with Crippen LogP contribution in [0.2, 0.25) is 0 Å². The quantitative estimate of drug-likeness (QED) is 0.792. The van der Waals surface area contributed by atoms with E-state index in [2.05, 4.69) is 24.1 Å². The molecule has 0 aliphatic heterocycles. The summed E-state index contributed by atoms with van der Waals surface area (Å²) >= 11 is 0. The number of rotatable bonds is 8. The fourth-order valence-corrected chi connectivity index (χ4v) is 2.10. The molecule has 0 unspecified atom stereocenters. The maximum atomic E-state index is 12.6. The summed E-state index contributed by atoms with van der Waals surface area (Å²) in [5.74, 6) is 0.902. The molecule has 1 aromatic rings. The third-order valence-corrected chi connectivity index (χ3v) is 3.30. The van der Waals surface area contributed by atoms with Crippen LogP contribution in [0.25, 0.3) is 0 Å². The summed E-state index contributed by atoms with van der Waals surface area (Å²) in [5, 5.41) is 3.20. The Balaban J connectivity index is 2.97. The fraction of sp³-hybridized carbons (Fsp3) is 0.625. The van der Waals surface area contributed by atoms with E-state index >= 15 is 0 Å². The number of carbonyl (C=O) groups is 1. The van der Waals surface area contributed by atoms with E-state index < -0.39 is 0 Å². The van der Waals surface area contributed by atoms with Crippen molar-refractivity contribution >= 4 is 11.7 Å². The van der Waals surface area contributed by atoms with Crippen molar-refractivity contribution in [1.29, 1.82) is 0 Å². The summed E-state index contributed by atoms with van der Waals surface area (Å²) in [7, 11) is 0. The molecule has 0 fully saturated rings. The Morgan fingerprint density at radius 1 is 1.25 bits per heavy atom. The van der Waals surface area contributed by atoms with Crippen molar-refractivity contribution in [2.24, 2.45) is 0 Å². The van der Waals surface area contributed by atoms with E-state index in [9.17, 15) is 4.79 Å². The van der Waals surface area contributed by atoms with Gasteiger partial charge in [-0.25, -0.2) is 4.98 Å². The van der Waals surface area contributed by atoms with Gasteiger partial charge in [0, 0.05) is 30.9 Å². The molecule has 0 bridgehead atoms. The summed E-state index contributed by atoms with van der Waals surface area (Å²) in [6.45, 7) is 10.6. The molecule has 1 amide bonds. The maximum Gasteiger partial charge on any atom is 0.254 e. The summed E-state index contributed by atoms with van der Waals surface area (Å²) in [6.07, 6.45) is 2.98. The summed E-state index contributed by atoms with van der Waals surface area (Å²) in [5.41, 5.74) is 1.70. The Labute approximate surface area is 122 Å². The molecule has 4 heteroatoms. The second-order valence-electron chi connectivity index (χ2n) is 4.85. The van der Waals surface area contributed by atoms with Crippen LogP contribution in [0.4, 0.5) is 5.82 Å². The van der Waals surface area contributed by atoms with E-state index in [4.69, 9.17) is 0 Å². The lowest BCUT2D eigenvalue weighted by molar-refractivity contribution is 0.0762. The predicted octanol–water partition coefficient (Wildman–Crippen LogP) is 3.34. The monoisotopic (exact) mass is 277 g/mol. The van der Waals surface area contributed by atoms with Crippen molar-refractivity contribution in [2.45, 2.75) is 47.0 Å². The van der Waals surface area contributed by atoms with E-state index in [1.54, 1.807) is 0 Å². The molecule has 1 N–H and O–H groups in total. The number of carbonyl (C=O) groups excluding carboxylic acids is 1. The van der Waals surface area contributed by atoms with Gasteiger partial charge < -0.3 is 10.2 Å². The van der Waals surface area contributed by atoms with Crippen LogP contribution in [0.5, 0.6) is 0 Å². The first kappa shape index (κ1) is 16.5. The van der Waals surface area contributed by atoms with Crippen LogP contribution in [0.3, 0.4) is 0 Å². The predicted molar refractivity (Wildman–Crippen MR) is 84.3 cm³/mol. The van der Waals surface area contributed by atoms with Crippen molar-refractivity contribution < 1.29 is 4.79 Å². The van der Waals surface area contributed by atoms with Gasteiger partial charge in [0.2, 0.25) is 0 Å². The van der Waals surface area contributed by atoms with Gasteiger partial charge in [-0.3, -0.25) is 4.79 Å². The van der Waals surface area contributed by atoms with Gasteiger partial charge in [0.1, 0.15) is 5.82 Å². The number of anilines is 1. The molecule has 1 heterocycles. The second kappa shape index (κ2) is 8.56. The van der Waals surface area contributed by atoms with E-state index in [0.717, 1.165) is 56.0 Å². The number of aryl methyl sites for hydroxylation is 1. The summed E-state index contributed by atoms with van der Waals surface area (Å²) < 4.78 is 0. The first-order valence-corrected chi connectivity index (χ1v) is 7.70. The first-order valence-electron chi connectivity index (χ1n) is 7.70. The number of aromatic nitrogens is 1. The first-order chi connectivity index (χ1) is 9.65. The lowest BCUT2D eigenvalue weighted by Crippen LogP contribution is -2.32. The molecule has 0 radical (unpaired) electrons. The SMILES string of the molecule is CCCCN(CC)C(=O)c1cc(CC)nc(NCC)c1. The second-order valence-corrected chi connectivity index (χ2v) is 4.85. The Hall–Kier alpha value is -1.58. The zero-order valence-corrected chi connectivity index (χ0v) is 13.2. The molecular formula is C16H27N3O. The van der Waals surface area contributed by atoms with Gasteiger partial charge in [-0.05, 0) is 38.8 Å². The number of pyridine rings is 1. The minimum atomic E-state index is 0.109. The molecule has 1 rings (SSSR count). The zero-order valence-electron chi connectivity index (χ0n) is 13.2. The van der Waals surface area contributed by atoms with Crippen molar-refractivity contribution in [3.05, 3.63) is 23.4 Å². The molecule has 0 spiro atoms. The average Bonchev–Trinajstić information content (AvgIpc) is 2.47. The number of nitrogens with zero attached hydrogens (tertiary/aromatic N) is 2. The van der Waals surface area contributed by atoms with Crippen LogP contribution >= 0.6 is 0 Å². The molecule has 20 heavy (non-hydrogen) atoms. The fourth-order valence-electron chi connectivity index (χ4n) is 2.10. The van der Waals surface area contributed by atoms with Gasteiger partial charge in [-0.1, -0.05) is 20.3 Å². The molecule has 0 saturated carbocycles. The Morgan fingerprint density at radius 3 is 2.55 bits per heavy atom. The van der Waals surface area contributed by atoms with Gasteiger partial charge in [-0.2, -0.15) is 0 Å². The minimum absolute atomic E-state index is 0.109. The number of unbranched alkanes of at least 4 members (excludes halogenated alkanes) is 1. The van der Waals surface area contributed by atoms with Gasteiger partial charge in [0.05, 0.1) is 0 Å². The summed E-state index contributed by atoms with van der Waals surface area (Å²) in [6, 6.07) is 3.78. The van der Waals surface area contributed by atoms with Crippen LogP contribution in [-0.4, -0.2) is 35.4 Å². The third-order valence-electron chi connectivity index (χ3n) is 3.30. The molecule has 4 nitrogen and oxygen atoms in total. The van der Waals surface area contributed by atoms with Crippen molar-refractivity contribution in [3.63, 3.8) is 0 Å². The van der Waals surface area contributed by atoms with Crippen LogP contribution < -0.4 is 5.32 Å². The van der Waals surface area contributed by atoms with E-state index in [0.29, 0.717) is 0 Å². The average molecular weight is 277 g/mol. The van der Waals surface area contributed by atoms with Crippen LogP contribution in [-0.2, 0) is 6.42 Å². The van der Waals surface area contributed by atoms with Gasteiger partial charge in [-0.15, -0.1) is 0 Å². The summed E-state index contributed by atoms with van der Waals surface area (Å²) in [4.78, 5) is 19.0. The van der Waals surface area contributed by atoms with Gasteiger partial charge in [0.15, 0.2) is 0 Å². The van der Waals surface area contributed by atoms with Crippen molar-refractivity contribution in [3.8, 4) is 0 Å². The molecule has 0 atom stereocenters. The molecular weight excluding hydrogens is 250 g/mol. The smallest absolute Gasteiger partial charge is 0.254 e. The Kier molecular flexibility index (Phi) is 7.05. The molecule has 0 aromatic carbocycles. The highest BCUT2D eigenvalue weighted by Crippen LogP contribution is 2.14. The van der Waals surface area contributed by atoms with E-state index in [-0.39, 0.29) is 5.91 Å². The Morgan fingerprint density at radius 2 is 2.00 bits per heavy atom. The molecule has 1 aromatic heterocycles. The largest absolute Gasteiger partial charge is 0.370 e. The molecule has 112 valence electrons. The van der Waals surface area contributed by atoms with Crippen LogP contribution in [0.1, 0.15) is 56.6 Å². The van der Waals surface area contributed by atoms with Crippen molar-refractivity contribution in [2.75, 3.05) is 25.0 Å². The third kappa shape index (κ3) is 4.51. The topological polar surface area (TPSA) is 45.2 Å². The molecule has 0 saturated heterocycles. The van der Waals surface area contributed by atoms with Crippen LogP contribution in [0.15, 0.2) is 12.1 Å². The lowest BCUT2D eigenvalue weighted by atomic mass is 10.1. The van der Waals surface area contributed by atoms with Crippen molar-refractivity contribution in [1.82, 2.24) is 9.88 Å². The number of amides is 1. The van der Waals surface area contributed by atoms with E-state index in [1.807, 2.05) is 30.9 Å². The highest BCUT2D eigenvalue weighted by Gasteiger charge is 2.15. The van der Waals surface area contributed by atoms with Gasteiger partial charge in [0.25, 0.3) is 5.91 Å². The highest BCUT2D eigenvalue weighted by atomic mass is 16.2. The van der Waals surface area contributed by atoms with Crippen LogP contribution in [0, 0.1) is 0 Å². The Bertz CT molecular complexity index is 432. The zero-order chi connectivity index (χ0) is 15.0. The highest BCUT2D eigenvalue weighted by molar-refractivity contribution is 5.95. The molecule has 0 aliphatic rings. The molecule has 0 aliphatic carbocycles. The normalized spacial score (nSPS) is 10.4.